The molecular formula is C27H32N6O. The smallest absolute Gasteiger partial charge is 0.152 e. The SMILES string of the molecule is CN1CCN(CC(=O)Cc2ccc(C(=Nc3ccc4[nH]ncc4c3)C3=CCCCC3)cn2)CC1. The molecule has 1 fully saturated rings. The monoisotopic (exact) mass is 456 g/mol. The van der Waals surface area contributed by atoms with E-state index in [1.165, 1.54) is 18.4 Å². The lowest BCUT2D eigenvalue weighted by Crippen LogP contribution is -2.46. The summed E-state index contributed by atoms with van der Waals surface area (Å²) in [5, 5.41) is 8.15. The van der Waals surface area contributed by atoms with E-state index >= 15 is 0 Å². The van der Waals surface area contributed by atoms with Gasteiger partial charge in [-0.15, -0.1) is 0 Å². The molecule has 0 bridgehead atoms. The Morgan fingerprint density at radius 3 is 2.74 bits per heavy atom. The second-order valence-corrected chi connectivity index (χ2v) is 9.41. The normalized spacial score (nSPS) is 18.3. The third-order valence-corrected chi connectivity index (χ3v) is 6.73. The number of H-pyrrole nitrogens is 1. The molecule has 5 rings (SSSR count). The van der Waals surface area contributed by atoms with Gasteiger partial charge in [0.15, 0.2) is 5.78 Å². The van der Waals surface area contributed by atoms with Gasteiger partial charge in [0, 0.05) is 49.0 Å². The maximum Gasteiger partial charge on any atom is 0.152 e. The molecule has 1 aromatic carbocycles. The Bertz CT molecular complexity index is 1200. The summed E-state index contributed by atoms with van der Waals surface area (Å²) in [4.78, 5) is 26.9. The lowest BCUT2D eigenvalue weighted by atomic mass is 9.92. The number of ketones is 1. The number of rotatable bonds is 7. The zero-order chi connectivity index (χ0) is 23.3. The van der Waals surface area contributed by atoms with Crippen LogP contribution in [0.3, 0.4) is 0 Å². The van der Waals surface area contributed by atoms with Crippen LogP contribution >= 0.6 is 0 Å². The highest BCUT2D eigenvalue weighted by molar-refractivity contribution is 6.13. The number of nitrogens with one attached hydrogen (secondary N) is 1. The van der Waals surface area contributed by atoms with Gasteiger partial charge < -0.3 is 4.90 Å². The molecule has 3 aromatic rings. The van der Waals surface area contributed by atoms with E-state index < -0.39 is 0 Å². The second-order valence-electron chi connectivity index (χ2n) is 9.41. The van der Waals surface area contributed by atoms with Gasteiger partial charge in [0.2, 0.25) is 0 Å². The molecule has 7 nitrogen and oxygen atoms in total. The van der Waals surface area contributed by atoms with Gasteiger partial charge in [-0.25, -0.2) is 4.99 Å². The van der Waals surface area contributed by atoms with Crippen molar-refractivity contribution < 1.29 is 4.79 Å². The average molecular weight is 457 g/mol. The van der Waals surface area contributed by atoms with Gasteiger partial charge in [0.05, 0.1) is 36.1 Å². The summed E-state index contributed by atoms with van der Waals surface area (Å²) in [6, 6.07) is 10.1. The molecule has 1 saturated heterocycles. The number of aromatic amines is 1. The van der Waals surface area contributed by atoms with Crippen molar-refractivity contribution in [3.63, 3.8) is 0 Å². The van der Waals surface area contributed by atoms with Crippen molar-refractivity contribution >= 4 is 28.1 Å². The zero-order valence-electron chi connectivity index (χ0n) is 19.8. The van der Waals surface area contributed by atoms with Crippen molar-refractivity contribution in [1.29, 1.82) is 0 Å². The summed E-state index contributed by atoms with van der Waals surface area (Å²) in [6.07, 6.45) is 10.9. The minimum absolute atomic E-state index is 0.224. The molecular weight excluding hydrogens is 424 g/mol. The van der Waals surface area contributed by atoms with Crippen LogP contribution < -0.4 is 0 Å². The summed E-state index contributed by atoms with van der Waals surface area (Å²) >= 11 is 0. The Labute approximate surface area is 200 Å². The van der Waals surface area contributed by atoms with E-state index in [0.717, 1.165) is 72.6 Å². The molecule has 34 heavy (non-hydrogen) atoms. The summed E-state index contributed by atoms with van der Waals surface area (Å²) in [7, 11) is 2.13. The molecule has 0 unspecified atom stereocenters. The van der Waals surface area contributed by atoms with Gasteiger partial charge in [-0.3, -0.25) is 19.8 Å². The Morgan fingerprint density at radius 2 is 1.97 bits per heavy atom. The summed E-state index contributed by atoms with van der Waals surface area (Å²) in [5.74, 6) is 0.224. The fraction of sp³-hybridized carbons (Fsp3) is 0.407. The first kappa shape index (κ1) is 22.6. The van der Waals surface area contributed by atoms with Gasteiger partial charge >= 0.3 is 0 Å². The Hall–Kier alpha value is -3.16. The van der Waals surface area contributed by atoms with E-state index in [4.69, 9.17) is 4.99 Å². The highest BCUT2D eigenvalue weighted by atomic mass is 16.1. The number of pyridine rings is 1. The van der Waals surface area contributed by atoms with Crippen molar-refractivity contribution in [1.82, 2.24) is 25.0 Å². The van der Waals surface area contributed by atoms with Gasteiger partial charge in [0.25, 0.3) is 0 Å². The summed E-state index contributed by atoms with van der Waals surface area (Å²) in [5.41, 5.74) is 5.98. The van der Waals surface area contributed by atoms with Gasteiger partial charge in [-0.05, 0) is 68.6 Å². The van der Waals surface area contributed by atoms with Crippen LogP contribution in [0.4, 0.5) is 5.69 Å². The van der Waals surface area contributed by atoms with Gasteiger partial charge in [-0.2, -0.15) is 5.10 Å². The number of nitrogens with zero attached hydrogens (tertiary/aromatic N) is 5. The predicted octanol–water partition coefficient (Wildman–Crippen LogP) is 3.94. The number of fused-ring (bicyclic) bond motifs is 1. The first-order chi connectivity index (χ1) is 16.6. The van der Waals surface area contributed by atoms with Crippen molar-refractivity contribution in [2.45, 2.75) is 32.1 Å². The first-order valence-electron chi connectivity index (χ1n) is 12.2. The third-order valence-electron chi connectivity index (χ3n) is 6.73. The number of likely N-dealkylation sites (N-methyl/N-ethyl adjacent to an activating group) is 1. The molecule has 1 N–H and O–H groups in total. The number of piperazine rings is 1. The molecule has 3 heterocycles. The van der Waals surface area contributed by atoms with Crippen LogP contribution in [-0.2, 0) is 11.2 Å². The largest absolute Gasteiger partial charge is 0.304 e. The van der Waals surface area contributed by atoms with E-state index in [-0.39, 0.29) is 5.78 Å². The van der Waals surface area contributed by atoms with Crippen molar-refractivity contribution in [2.75, 3.05) is 39.8 Å². The number of hydrogen-bond donors (Lipinski definition) is 1. The number of Topliss-reactive ketones (excluding diaryl/α,β-unsaturated/α-hetero) is 1. The second kappa shape index (κ2) is 10.4. The molecule has 176 valence electrons. The first-order valence-corrected chi connectivity index (χ1v) is 12.2. The van der Waals surface area contributed by atoms with E-state index in [9.17, 15) is 4.79 Å². The minimum Gasteiger partial charge on any atom is -0.304 e. The highest BCUT2D eigenvalue weighted by Gasteiger charge is 2.18. The molecule has 1 aliphatic carbocycles. The predicted molar refractivity (Wildman–Crippen MR) is 136 cm³/mol. The number of benzene rings is 1. The number of aromatic nitrogens is 3. The lowest BCUT2D eigenvalue weighted by molar-refractivity contribution is -0.120. The zero-order valence-corrected chi connectivity index (χ0v) is 19.8. The van der Waals surface area contributed by atoms with Crippen LogP contribution in [0.2, 0.25) is 0 Å². The molecule has 2 aliphatic rings. The third kappa shape index (κ3) is 5.48. The lowest BCUT2D eigenvalue weighted by Gasteiger charge is -2.31. The van der Waals surface area contributed by atoms with Crippen molar-refractivity contribution in [3.8, 4) is 0 Å². The molecule has 1 aliphatic heterocycles. The van der Waals surface area contributed by atoms with E-state index in [2.05, 4.69) is 50.2 Å². The topological polar surface area (TPSA) is 77.5 Å². The molecule has 0 atom stereocenters. The summed E-state index contributed by atoms with van der Waals surface area (Å²) < 4.78 is 0. The van der Waals surface area contributed by atoms with Crippen molar-refractivity contribution in [2.24, 2.45) is 4.99 Å². The Kier molecular flexibility index (Phi) is 6.92. The number of carbonyl (C=O) groups excluding carboxylic acids is 1. The number of allylic oxidation sites excluding steroid dienone is 2. The van der Waals surface area contributed by atoms with E-state index in [1.54, 1.807) is 0 Å². The maximum atomic E-state index is 12.6. The van der Waals surface area contributed by atoms with Gasteiger partial charge in [0.1, 0.15) is 0 Å². The fourth-order valence-corrected chi connectivity index (χ4v) is 4.69. The Balaban J connectivity index is 1.33. The number of carbonyl (C=O) groups is 1. The fourth-order valence-electron chi connectivity index (χ4n) is 4.69. The van der Waals surface area contributed by atoms with E-state index in [1.807, 2.05) is 30.6 Å². The van der Waals surface area contributed by atoms with Crippen LogP contribution in [0, 0.1) is 0 Å². The van der Waals surface area contributed by atoms with Crippen LogP contribution in [0.1, 0.15) is 36.9 Å². The van der Waals surface area contributed by atoms with Crippen LogP contribution in [-0.4, -0.2) is 76.2 Å². The van der Waals surface area contributed by atoms with E-state index in [0.29, 0.717) is 13.0 Å². The molecule has 0 amide bonds. The van der Waals surface area contributed by atoms with Gasteiger partial charge in [-0.1, -0.05) is 6.08 Å². The molecule has 0 saturated carbocycles. The molecule has 0 radical (unpaired) electrons. The quantitative estimate of drug-likeness (QED) is 0.545. The maximum absolute atomic E-state index is 12.6. The molecule has 0 spiro atoms. The summed E-state index contributed by atoms with van der Waals surface area (Å²) in [6.45, 7) is 4.45. The Morgan fingerprint density at radius 1 is 1.09 bits per heavy atom. The number of aliphatic imine (C=N–C) groups is 1. The minimum atomic E-state index is 0.224. The van der Waals surface area contributed by atoms with Crippen LogP contribution in [0.25, 0.3) is 10.9 Å². The highest BCUT2D eigenvalue weighted by Crippen LogP contribution is 2.26. The molecule has 7 heteroatoms. The van der Waals surface area contributed by atoms with Crippen molar-refractivity contribution in [3.05, 3.63) is 65.6 Å². The number of hydrogen-bond acceptors (Lipinski definition) is 6. The van der Waals surface area contributed by atoms with Crippen LogP contribution in [0.15, 0.2) is 59.4 Å². The van der Waals surface area contributed by atoms with Crippen LogP contribution in [0.5, 0.6) is 0 Å². The standard InChI is InChI=1S/C27H32N6O/c1-32-11-13-33(14-12-32)19-25(34)16-23-8-7-21(17-28-23)27(20-5-3-2-4-6-20)30-24-9-10-26-22(15-24)18-29-31-26/h5,7-10,15,17-18H,2-4,6,11-14,16,19H2,1H3,(H,29,31). The average Bonchev–Trinajstić information content (AvgIpc) is 3.33. The molecule has 2 aromatic heterocycles.